The number of hydrogen-bond acceptors (Lipinski definition) is 6. The maximum absolute atomic E-state index is 12.6. The molecule has 3 rings (SSSR count). The van der Waals surface area contributed by atoms with Crippen molar-refractivity contribution in [2.24, 2.45) is 0 Å². The van der Waals surface area contributed by atoms with Gasteiger partial charge in [-0.25, -0.2) is 17.7 Å². The van der Waals surface area contributed by atoms with Crippen molar-refractivity contribution in [2.75, 3.05) is 12.4 Å². The average molecular weight is 386 g/mol. The summed E-state index contributed by atoms with van der Waals surface area (Å²) in [5, 5.41) is 13.4. The minimum absolute atomic E-state index is 0.0453. The molecule has 0 bridgehead atoms. The summed E-state index contributed by atoms with van der Waals surface area (Å²) < 4.78 is 25.5. The van der Waals surface area contributed by atoms with Gasteiger partial charge in [0.25, 0.3) is 15.9 Å². The number of carbonyl (C=O) groups is 1. The van der Waals surface area contributed by atoms with Crippen molar-refractivity contribution >= 4 is 49.6 Å². The number of aromatic nitrogens is 1. The summed E-state index contributed by atoms with van der Waals surface area (Å²) in [7, 11) is -2.78. The van der Waals surface area contributed by atoms with Crippen LogP contribution in [0.25, 0.3) is 5.57 Å². The molecule has 0 radical (unpaired) electrons. The van der Waals surface area contributed by atoms with Crippen molar-refractivity contribution in [3.05, 3.63) is 45.7 Å². The molecule has 0 fully saturated rings. The van der Waals surface area contributed by atoms with E-state index in [-0.39, 0.29) is 21.1 Å². The number of amides is 1. The van der Waals surface area contributed by atoms with Crippen LogP contribution in [0.1, 0.15) is 10.4 Å². The van der Waals surface area contributed by atoms with Gasteiger partial charge in [-0.1, -0.05) is 11.6 Å². The summed E-state index contributed by atoms with van der Waals surface area (Å²) in [6.07, 6.45) is 1.59. The van der Waals surface area contributed by atoms with Gasteiger partial charge in [0.2, 0.25) is 5.88 Å². The van der Waals surface area contributed by atoms with Crippen molar-refractivity contribution in [1.82, 2.24) is 9.29 Å². The zero-order valence-corrected chi connectivity index (χ0v) is 15.0. The highest BCUT2D eigenvalue weighted by Gasteiger charge is 2.37. The van der Waals surface area contributed by atoms with E-state index in [1.807, 2.05) is 6.92 Å². The minimum Gasteiger partial charge on any atom is -0.493 e. The fourth-order valence-electron chi connectivity index (χ4n) is 2.26. The zero-order chi connectivity index (χ0) is 17.6. The Labute approximate surface area is 147 Å². The van der Waals surface area contributed by atoms with E-state index in [2.05, 4.69) is 10.3 Å². The molecule has 7 nitrogen and oxygen atoms in total. The number of carbonyl (C=O) groups excluding carboxylic acids is 1. The first-order valence-corrected chi connectivity index (χ1v) is 9.31. The van der Waals surface area contributed by atoms with Gasteiger partial charge < -0.3 is 5.11 Å². The monoisotopic (exact) mass is 385 g/mol. The molecule has 126 valence electrons. The summed E-state index contributed by atoms with van der Waals surface area (Å²) in [5.74, 6) is -1.34. The number of rotatable bonds is 2. The molecule has 2 N–H and O–H groups in total. The first-order valence-electron chi connectivity index (χ1n) is 6.67. The van der Waals surface area contributed by atoms with Gasteiger partial charge in [0.1, 0.15) is 5.57 Å². The number of halogens is 1. The Balaban J connectivity index is 2.14. The number of fused-ring (bicyclic) bond motifs is 1. The van der Waals surface area contributed by atoms with E-state index >= 15 is 0 Å². The van der Waals surface area contributed by atoms with Gasteiger partial charge in [-0.15, -0.1) is 11.3 Å². The predicted molar refractivity (Wildman–Crippen MR) is 91.4 cm³/mol. The molecule has 10 heteroatoms. The number of aryl methyl sites for hydroxylation is 1. The standard InChI is InChI=1S/C14H12ClN3O4S2/c1-7-6-16-14(23-7)17-12(19)11-9-5-8(15)3-4-10(9)24(21,22)18(2)13(11)20/h3-6,20H,1-2H3,(H,16,17,19). The summed E-state index contributed by atoms with van der Waals surface area (Å²) in [6.45, 7) is 1.83. The van der Waals surface area contributed by atoms with Crippen LogP contribution in [0.15, 0.2) is 35.2 Å². The average Bonchev–Trinajstić information content (AvgIpc) is 2.90. The van der Waals surface area contributed by atoms with Crippen LogP contribution in [0.4, 0.5) is 5.13 Å². The Morgan fingerprint density at radius 3 is 2.75 bits per heavy atom. The summed E-state index contributed by atoms with van der Waals surface area (Å²) >= 11 is 7.19. The van der Waals surface area contributed by atoms with Gasteiger partial charge in [0, 0.05) is 28.7 Å². The highest BCUT2D eigenvalue weighted by atomic mass is 35.5. The Morgan fingerprint density at radius 2 is 2.12 bits per heavy atom. The second-order valence-electron chi connectivity index (χ2n) is 5.04. The Bertz CT molecular complexity index is 982. The summed E-state index contributed by atoms with van der Waals surface area (Å²) in [5.41, 5.74) is -0.137. The van der Waals surface area contributed by atoms with E-state index in [4.69, 9.17) is 11.6 Å². The highest BCUT2D eigenvalue weighted by molar-refractivity contribution is 7.89. The van der Waals surface area contributed by atoms with E-state index in [9.17, 15) is 18.3 Å². The third-order valence-corrected chi connectivity index (χ3v) is 6.31. The summed E-state index contributed by atoms with van der Waals surface area (Å²) in [4.78, 5) is 17.4. The molecular weight excluding hydrogens is 374 g/mol. The van der Waals surface area contributed by atoms with Crippen LogP contribution < -0.4 is 5.32 Å². The first-order chi connectivity index (χ1) is 11.2. The van der Waals surface area contributed by atoms with Crippen LogP contribution >= 0.6 is 22.9 Å². The molecule has 0 unspecified atom stereocenters. The van der Waals surface area contributed by atoms with Crippen LogP contribution in [0, 0.1) is 6.92 Å². The number of anilines is 1. The molecule has 1 aromatic carbocycles. The number of thiazole rings is 1. The van der Waals surface area contributed by atoms with Crippen molar-refractivity contribution < 1.29 is 18.3 Å². The third-order valence-electron chi connectivity index (χ3n) is 3.44. The van der Waals surface area contributed by atoms with E-state index in [1.54, 1.807) is 6.20 Å². The van der Waals surface area contributed by atoms with E-state index < -0.39 is 21.8 Å². The van der Waals surface area contributed by atoms with Gasteiger partial charge >= 0.3 is 0 Å². The molecule has 24 heavy (non-hydrogen) atoms. The Hall–Kier alpha value is -2.10. The van der Waals surface area contributed by atoms with Gasteiger partial charge in [-0.05, 0) is 25.1 Å². The van der Waals surface area contributed by atoms with Crippen LogP contribution in [-0.2, 0) is 14.8 Å². The van der Waals surface area contributed by atoms with Crippen molar-refractivity contribution in [3.8, 4) is 0 Å². The Kier molecular flexibility index (Phi) is 4.02. The van der Waals surface area contributed by atoms with Crippen LogP contribution in [0.5, 0.6) is 0 Å². The lowest BCUT2D eigenvalue weighted by Gasteiger charge is -2.27. The smallest absolute Gasteiger partial charge is 0.266 e. The van der Waals surface area contributed by atoms with E-state index in [1.165, 1.54) is 36.6 Å². The molecule has 0 saturated heterocycles. The molecule has 1 aromatic heterocycles. The fraction of sp³-hybridized carbons (Fsp3) is 0.143. The van der Waals surface area contributed by atoms with Crippen LogP contribution in [0.2, 0.25) is 5.02 Å². The molecule has 2 aromatic rings. The normalized spacial score (nSPS) is 16.0. The van der Waals surface area contributed by atoms with Gasteiger partial charge in [0.15, 0.2) is 5.13 Å². The molecule has 1 aliphatic rings. The first kappa shape index (κ1) is 16.7. The second kappa shape index (κ2) is 5.76. The highest BCUT2D eigenvalue weighted by Crippen LogP contribution is 2.37. The fourth-order valence-corrected chi connectivity index (χ4v) is 4.38. The number of sulfonamides is 1. The molecular formula is C14H12ClN3O4S2. The predicted octanol–water partition coefficient (Wildman–Crippen LogP) is 2.60. The lowest BCUT2D eigenvalue weighted by atomic mass is 10.1. The molecule has 0 saturated carbocycles. The number of benzene rings is 1. The molecule has 1 amide bonds. The molecule has 1 aliphatic heterocycles. The van der Waals surface area contributed by atoms with Crippen molar-refractivity contribution in [1.29, 1.82) is 0 Å². The zero-order valence-electron chi connectivity index (χ0n) is 12.6. The van der Waals surface area contributed by atoms with Crippen LogP contribution in [-0.4, -0.2) is 35.8 Å². The molecule has 0 aliphatic carbocycles. The van der Waals surface area contributed by atoms with Gasteiger partial charge in [0.05, 0.1) is 4.90 Å². The van der Waals surface area contributed by atoms with Gasteiger partial charge in [-0.3, -0.25) is 10.1 Å². The number of nitrogens with zero attached hydrogens (tertiary/aromatic N) is 2. The van der Waals surface area contributed by atoms with Crippen molar-refractivity contribution in [3.63, 3.8) is 0 Å². The maximum atomic E-state index is 12.6. The van der Waals surface area contributed by atoms with Gasteiger partial charge in [-0.2, -0.15) is 0 Å². The van der Waals surface area contributed by atoms with Crippen LogP contribution in [0.3, 0.4) is 0 Å². The molecule has 0 atom stereocenters. The SMILES string of the molecule is Cc1cnc(NC(=O)C2=C(O)N(C)S(=O)(=O)c3ccc(Cl)cc32)s1. The number of aliphatic hydroxyl groups is 1. The number of hydrogen-bond donors (Lipinski definition) is 2. The quantitative estimate of drug-likeness (QED) is 0.827. The number of aliphatic hydroxyl groups excluding tert-OH is 1. The van der Waals surface area contributed by atoms with E-state index in [0.717, 1.165) is 4.88 Å². The minimum atomic E-state index is -3.95. The number of nitrogens with one attached hydrogen (secondary N) is 1. The maximum Gasteiger partial charge on any atom is 0.266 e. The lowest BCUT2D eigenvalue weighted by molar-refractivity contribution is -0.111. The largest absolute Gasteiger partial charge is 0.493 e. The van der Waals surface area contributed by atoms with E-state index in [0.29, 0.717) is 9.44 Å². The van der Waals surface area contributed by atoms with Crippen molar-refractivity contribution in [2.45, 2.75) is 11.8 Å². The molecule has 2 heterocycles. The third kappa shape index (κ3) is 2.64. The lowest BCUT2D eigenvalue weighted by Crippen LogP contribution is -2.34. The Morgan fingerprint density at radius 1 is 1.42 bits per heavy atom. The molecule has 0 spiro atoms. The summed E-state index contributed by atoms with van der Waals surface area (Å²) in [6, 6.07) is 4.05. The topological polar surface area (TPSA) is 99.6 Å². The second-order valence-corrected chi connectivity index (χ2v) is 8.65.